The van der Waals surface area contributed by atoms with Crippen molar-refractivity contribution in [2.45, 2.75) is 33.5 Å². The summed E-state index contributed by atoms with van der Waals surface area (Å²) < 4.78 is 39.3. The van der Waals surface area contributed by atoms with Crippen LogP contribution in [0.5, 0.6) is 0 Å². The summed E-state index contributed by atoms with van der Waals surface area (Å²) in [4.78, 5) is 12.0. The number of alkyl halides is 3. The third kappa shape index (κ3) is 3.47. The number of aromatic nitrogens is 2. The molecule has 0 aliphatic heterocycles. The summed E-state index contributed by atoms with van der Waals surface area (Å²) in [5.74, 6) is -0.553. The van der Waals surface area contributed by atoms with Crippen molar-refractivity contribution < 1.29 is 18.0 Å². The molecule has 4 nitrogen and oxygen atoms in total. The van der Waals surface area contributed by atoms with E-state index in [0.717, 1.165) is 17.2 Å². The number of halogens is 3. The van der Waals surface area contributed by atoms with Crippen molar-refractivity contribution in [2.75, 3.05) is 5.32 Å². The van der Waals surface area contributed by atoms with Crippen molar-refractivity contribution in [3.63, 3.8) is 0 Å². The first kappa shape index (κ1) is 16.1. The fourth-order valence-corrected chi connectivity index (χ4v) is 2.11. The van der Waals surface area contributed by atoms with E-state index in [1.54, 1.807) is 12.1 Å². The second kappa shape index (κ2) is 5.82. The molecule has 1 heterocycles. The standard InChI is InChI=1S/C15H16F3N3O/c1-9-5-4-6-12(11(9)3)19-14(22)8-21-13(15(16,17)18)7-10(2)20-21/h4-7H,8H2,1-3H3,(H,19,22). The molecule has 1 N–H and O–H groups in total. The van der Waals surface area contributed by atoms with Crippen LogP contribution in [0.1, 0.15) is 22.5 Å². The zero-order chi connectivity index (χ0) is 16.5. The maximum Gasteiger partial charge on any atom is 0.433 e. The summed E-state index contributed by atoms with van der Waals surface area (Å²) in [6.45, 7) is 4.69. The minimum atomic E-state index is -4.54. The molecule has 0 atom stereocenters. The van der Waals surface area contributed by atoms with Crippen LogP contribution in [0.3, 0.4) is 0 Å². The number of hydrogen-bond donors (Lipinski definition) is 1. The number of carbonyl (C=O) groups is 1. The second-order valence-electron chi connectivity index (χ2n) is 5.12. The van der Waals surface area contributed by atoms with Crippen LogP contribution in [0.25, 0.3) is 0 Å². The van der Waals surface area contributed by atoms with Gasteiger partial charge in [0.15, 0.2) is 0 Å². The van der Waals surface area contributed by atoms with Gasteiger partial charge in [0.25, 0.3) is 0 Å². The highest BCUT2D eigenvalue weighted by molar-refractivity contribution is 5.91. The van der Waals surface area contributed by atoms with Gasteiger partial charge in [-0.15, -0.1) is 0 Å². The highest BCUT2D eigenvalue weighted by Gasteiger charge is 2.35. The summed E-state index contributed by atoms with van der Waals surface area (Å²) >= 11 is 0. The molecule has 1 amide bonds. The van der Waals surface area contributed by atoms with Crippen molar-refractivity contribution in [1.29, 1.82) is 0 Å². The molecular weight excluding hydrogens is 295 g/mol. The van der Waals surface area contributed by atoms with Gasteiger partial charge in [-0.3, -0.25) is 9.48 Å². The Kier molecular flexibility index (Phi) is 4.25. The van der Waals surface area contributed by atoms with Crippen LogP contribution in [-0.4, -0.2) is 15.7 Å². The lowest BCUT2D eigenvalue weighted by Crippen LogP contribution is -2.24. The number of rotatable bonds is 3. The SMILES string of the molecule is Cc1cc(C(F)(F)F)n(CC(=O)Nc2cccc(C)c2C)n1. The Labute approximate surface area is 125 Å². The summed E-state index contributed by atoms with van der Waals surface area (Å²) in [7, 11) is 0. The Morgan fingerprint density at radius 2 is 1.95 bits per heavy atom. The molecule has 1 aromatic carbocycles. The molecule has 2 aromatic rings. The largest absolute Gasteiger partial charge is 0.433 e. The monoisotopic (exact) mass is 311 g/mol. The first-order chi connectivity index (χ1) is 10.2. The average molecular weight is 311 g/mol. The molecular formula is C15H16F3N3O. The quantitative estimate of drug-likeness (QED) is 0.943. The third-order valence-electron chi connectivity index (χ3n) is 3.36. The maximum absolute atomic E-state index is 12.9. The molecule has 7 heteroatoms. The number of carbonyl (C=O) groups excluding carboxylic acids is 1. The van der Waals surface area contributed by atoms with Gasteiger partial charge in [-0.25, -0.2) is 0 Å². The van der Waals surface area contributed by atoms with Gasteiger partial charge < -0.3 is 5.32 Å². The first-order valence-corrected chi connectivity index (χ1v) is 6.66. The second-order valence-corrected chi connectivity index (χ2v) is 5.12. The van der Waals surface area contributed by atoms with Crippen molar-refractivity contribution in [3.05, 3.63) is 46.8 Å². The summed E-state index contributed by atoms with van der Waals surface area (Å²) in [6, 6.07) is 6.30. The van der Waals surface area contributed by atoms with Crippen LogP contribution in [0, 0.1) is 20.8 Å². The van der Waals surface area contributed by atoms with E-state index in [2.05, 4.69) is 10.4 Å². The summed E-state index contributed by atoms with van der Waals surface area (Å²) in [5, 5.41) is 6.35. The predicted octanol–water partition coefficient (Wildman–Crippen LogP) is 3.47. The van der Waals surface area contributed by atoms with E-state index in [9.17, 15) is 18.0 Å². The van der Waals surface area contributed by atoms with Gasteiger partial charge in [-0.05, 0) is 44.0 Å². The third-order valence-corrected chi connectivity index (χ3v) is 3.36. The topological polar surface area (TPSA) is 46.9 Å². The number of aryl methyl sites for hydroxylation is 2. The van der Waals surface area contributed by atoms with Gasteiger partial charge in [-0.1, -0.05) is 12.1 Å². The van der Waals surface area contributed by atoms with Gasteiger partial charge >= 0.3 is 6.18 Å². The van der Waals surface area contributed by atoms with Gasteiger partial charge in [0.05, 0.1) is 5.69 Å². The van der Waals surface area contributed by atoms with E-state index >= 15 is 0 Å². The van der Waals surface area contributed by atoms with E-state index in [4.69, 9.17) is 0 Å². The lowest BCUT2D eigenvalue weighted by Gasteiger charge is -2.12. The van der Waals surface area contributed by atoms with E-state index in [-0.39, 0.29) is 5.69 Å². The Morgan fingerprint density at radius 3 is 2.59 bits per heavy atom. The number of anilines is 1. The zero-order valence-electron chi connectivity index (χ0n) is 12.5. The highest BCUT2D eigenvalue weighted by atomic mass is 19.4. The Hall–Kier alpha value is -2.31. The van der Waals surface area contributed by atoms with Gasteiger partial charge in [0.1, 0.15) is 12.2 Å². The van der Waals surface area contributed by atoms with E-state index in [0.29, 0.717) is 10.4 Å². The Bertz CT molecular complexity index is 705. The fourth-order valence-electron chi connectivity index (χ4n) is 2.11. The number of benzene rings is 1. The minimum Gasteiger partial charge on any atom is -0.324 e. The Morgan fingerprint density at radius 1 is 1.27 bits per heavy atom. The molecule has 0 saturated heterocycles. The first-order valence-electron chi connectivity index (χ1n) is 6.66. The van der Waals surface area contributed by atoms with Crippen molar-refractivity contribution in [3.8, 4) is 0 Å². The average Bonchev–Trinajstić information content (AvgIpc) is 2.76. The molecule has 0 aliphatic rings. The Balaban J connectivity index is 2.18. The van der Waals surface area contributed by atoms with Crippen molar-refractivity contribution in [1.82, 2.24) is 9.78 Å². The maximum atomic E-state index is 12.9. The lowest BCUT2D eigenvalue weighted by atomic mass is 10.1. The molecule has 0 spiro atoms. The van der Waals surface area contributed by atoms with E-state index in [1.807, 2.05) is 19.9 Å². The summed E-state index contributed by atoms with van der Waals surface area (Å²) in [5.41, 5.74) is 1.74. The normalized spacial score (nSPS) is 11.5. The minimum absolute atomic E-state index is 0.215. The van der Waals surface area contributed by atoms with Gasteiger partial charge in [0, 0.05) is 5.69 Å². The smallest absolute Gasteiger partial charge is 0.324 e. The molecule has 1 aromatic heterocycles. The molecule has 118 valence electrons. The van der Waals surface area contributed by atoms with Crippen LogP contribution in [0.2, 0.25) is 0 Å². The molecule has 0 unspecified atom stereocenters. The fraction of sp³-hybridized carbons (Fsp3) is 0.333. The van der Waals surface area contributed by atoms with Crippen molar-refractivity contribution in [2.24, 2.45) is 0 Å². The molecule has 0 aliphatic carbocycles. The van der Waals surface area contributed by atoms with Crippen molar-refractivity contribution >= 4 is 11.6 Å². The van der Waals surface area contributed by atoms with E-state index < -0.39 is 24.3 Å². The number of hydrogen-bond acceptors (Lipinski definition) is 2. The number of nitrogens with one attached hydrogen (secondary N) is 1. The lowest BCUT2D eigenvalue weighted by molar-refractivity contribution is -0.144. The van der Waals surface area contributed by atoms with Crippen LogP contribution in [-0.2, 0) is 17.5 Å². The van der Waals surface area contributed by atoms with Crippen LogP contribution in [0.4, 0.5) is 18.9 Å². The van der Waals surface area contributed by atoms with E-state index in [1.165, 1.54) is 6.92 Å². The van der Waals surface area contributed by atoms with Crippen LogP contribution < -0.4 is 5.32 Å². The van der Waals surface area contributed by atoms with Crippen LogP contribution in [0.15, 0.2) is 24.3 Å². The number of nitrogens with zero attached hydrogens (tertiary/aromatic N) is 2. The highest BCUT2D eigenvalue weighted by Crippen LogP contribution is 2.29. The molecule has 0 radical (unpaired) electrons. The van der Waals surface area contributed by atoms with Gasteiger partial charge in [0.2, 0.25) is 5.91 Å². The zero-order valence-corrected chi connectivity index (χ0v) is 12.5. The molecule has 2 rings (SSSR count). The summed E-state index contributed by atoms with van der Waals surface area (Å²) in [6.07, 6.45) is -4.54. The molecule has 0 fully saturated rings. The molecule has 0 saturated carbocycles. The van der Waals surface area contributed by atoms with Crippen LogP contribution >= 0.6 is 0 Å². The predicted molar refractivity (Wildman–Crippen MR) is 76.5 cm³/mol. The van der Waals surface area contributed by atoms with Gasteiger partial charge in [-0.2, -0.15) is 18.3 Å². The number of amides is 1. The molecule has 22 heavy (non-hydrogen) atoms. The molecule has 0 bridgehead atoms.